The van der Waals surface area contributed by atoms with Crippen molar-refractivity contribution in [3.8, 4) is 0 Å². The first-order valence-electron chi connectivity index (χ1n) is 7.97. The summed E-state index contributed by atoms with van der Waals surface area (Å²) in [7, 11) is 0. The van der Waals surface area contributed by atoms with Crippen molar-refractivity contribution in [3.05, 3.63) is 35.6 Å². The molecule has 1 aromatic heterocycles. The van der Waals surface area contributed by atoms with Crippen molar-refractivity contribution < 1.29 is 4.42 Å². The van der Waals surface area contributed by atoms with Gasteiger partial charge in [-0.25, -0.2) is 0 Å². The van der Waals surface area contributed by atoms with Crippen molar-refractivity contribution in [2.45, 2.75) is 52.0 Å². The molecule has 0 aliphatic heterocycles. The Labute approximate surface area is 121 Å². The molecule has 20 heavy (non-hydrogen) atoms. The van der Waals surface area contributed by atoms with Crippen molar-refractivity contribution in [1.82, 2.24) is 5.32 Å². The Morgan fingerprint density at radius 1 is 1.25 bits per heavy atom. The number of rotatable bonds is 5. The molecular formula is C18H25NO. The van der Waals surface area contributed by atoms with Crippen LogP contribution >= 0.6 is 0 Å². The van der Waals surface area contributed by atoms with Gasteiger partial charge in [0.05, 0.1) is 6.04 Å². The lowest BCUT2D eigenvalue weighted by Gasteiger charge is -2.14. The molecule has 1 aromatic carbocycles. The molecule has 1 saturated carbocycles. The molecule has 1 N–H and O–H groups in total. The van der Waals surface area contributed by atoms with Crippen LogP contribution in [0.25, 0.3) is 11.0 Å². The Morgan fingerprint density at radius 3 is 2.75 bits per heavy atom. The zero-order valence-corrected chi connectivity index (χ0v) is 12.6. The van der Waals surface area contributed by atoms with Crippen LogP contribution in [-0.2, 0) is 0 Å². The van der Waals surface area contributed by atoms with E-state index < -0.39 is 0 Å². The van der Waals surface area contributed by atoms with Crippen LogP contribution in [0.5, 0.6) is 0 Å². The first-order chi connectivity index (χ1) is 9.75. The summed E-state index contributed by atoms with van der Waals surface area (Å²) in [6, 6.07) is 8.60. The maximum atomic E-state index is 6.02. The number of nitrogens with one attached hydrogen (secondary N) is 1. The van der Waals surface area contributed by atoms with E-state index in [9.17, 15) is 0 Å². The van der Waals surface area contributed by atoms with Crippen molar-refractivity contribution in [3.63, 3.8) is 0 Å². The van der Waals surface area contributed by atoms with Gasteiger partial charge in [0.1, 0.15) is 11.3 Å². The summed E-state index contributed by atoms with van der Waals surface area (Å²) in [6.45, 7) is 5.47. The van der Waals surface area contributed by atoms with Crippen molar-refractivity contribution >= 4 is 11.0 Å². The first-order valence-corrected chi connectivity index (χ1v) is 7.97. The topological polar surface area (TPSA) is 25.2 Å². The van der Waals surface area contributed by atoms with E-state index in [1.807, 2.05) is 6.07 Å². The fraction of sp³-hybridized carbons (Fsp3) is 0.556. The molecule has 3 rings (SSSR count). The number of aryl methyl sites for hydroxylation is 1. The Morgan fingerprint density at radius 2 is 2.00 bits per heavy atom. The highest BCUT2D eigenvalue weighted by Gasteiger charge is 2.18. The molecule has 0 radical (unpaired) electrons. The predicted octanol–water partition coefficient (Wildman–Crippen LogP) is 4.97. The molecule has 1 unspecified atom stereocenters. The lowest BCUT2D eigenvalue weighted by atomic mass is 10.0. The van der Waals surface area contributed by atoms with E-state index in [2.05, 4.69) is 37.4 Å². The molecule has 108 valence electrons. The number of furan rings is 1. The second kappa shape index (κ2) is 6.01. The minimum Gasteiger partial charge on any atom is -0.459 e. The predicted molar refractivity (Wildman–Crippen MR) is 83.9 cm³/mol. The van der Waals surface area contributed by atoms with Gasteiger partial charge in [0.15, 0.2) is 0 Å². The molecule has 0 saturated heterocycles. The minimum atomic E-state index is 0.295. The van der Waals surface area contributed by atoms with Crippen LogP contribution in [0.3, 0.4) is 0 Å². The van der Waals surface area contributed by atoms with E-state index in [1.165, 1.54) is 43.1 Å². The smallest absolute Gasteiger partial charge is 0.134 e. The molecule has 0 bridgehead atoms. The third-order valence-corrected chi connectivity index (χ3v) is 4.75. The summed E-state index contributed by atoms with van der Waals surface area (Å²) in [6.07, 6.45) is 7.04. The maximum absolute atomic E-state index is 6.02. The molecule has 1 fully saturated rings. The molecule has 1 atom stereocenters. The number of benzene rings is 1. The Bertz CT molecular complexity index is 566. The van der Waals surface area contributed by atoms with Crippen LogP contribution in [0.2, 0.25) is 0 Å². The standard InChI is InChI=1S/C18H25NO/c1-13-16-9-5-6-10-17(16)20-18(13)14(2)19-12-11-15-7-3-4-8-15/h5-6,9-10,14-15,19H,3-4,7-8,11-12H2,1-2H3. The molecule has 1 aliphatic rings. The lowest BCUT2D eigenvalue weighted by molar-refractivity contribution is 0.414. The molecule has 1 aliphatic carbocycles. The van der Waals surface area contributed by atoms with Gasteiger partial charge in [0, 0.05) is 5.39 Å². The largest absolute Gasteiger partial charge is 0.459 e. The molecular weight excluding hydrogens is 246 g/mol. The van der Waals surface area contributed by atoms with Gasteiger partial charge in [-0.2, -0.15) is 0 Å². The molecule has 0 amide bonds. The average Bonchev–Trinajstić information content (AvgIpc) is 3.08. The Hall–Kier alpha value is -1.28. The number of fused-ring (bicyclic) bond motifs is 1. The Balaban J connectivity index is 1.62. The van der Waals surface area contributed by atoms with Gasteiger partial charge in [0.25, 0.3) is 0 Å². The molecule has 2 aromatic rings. The van der Waals surface area contributed by atoms with E-state index >= 15 is 0 Å². The fourth-order valence-electron chi connectivity index (χ4n) is 3.50. The van der Waals surface area contributed by atoms with Gasteiger partial charge in [-0.3, -0.25) is 0 Å². The van der Waals surface area contributed by atoms with E-state index in [1.54, 1.807) is 0 Å². The van der Waals surface area contributed by atoms with Crippen LogP contribution in [0.15, 0.2) is 28.7 Å². The third kappa shape index (κ3) is 2.76. The van der Waals surface area contributed by atoms with Crippen LogP contribution < -0.4 is 5.32 Å². The summed E-state index contributed by atoms with van der Waals surface area (Å²) in [5, 5.41) is 4.88. The SMILES string of the molecule is Cc1c(C(C)NCCC2CCCC2)oc2ccccc12. The Kier molecular flexibility index (Phi) is 4.11. The molecule has 2 nitrogen and oxygen atoms in total. The molecule has 2 heteroatoms. The normalized spacial score (nSPS) is 17.9. The lowest BCUT2D eigenvalue weighted by Crippen LogP contribution is -2.21. The highest BCUT2D eigenvalue weighted by molar-refractivity contribution is 5.82. The fourth-order valence-corrected chi connectivity index (χ4v) is 3.50. The van der Waals surface area contributed by atoms with E-state index in [-0.39, 0.29) is 0 Å². The van der Waals surface area contributed by atoms with E-state index in [4.69, 9.17) is 4.42 Å². The van der Waals surface area contributed by atoms with Crippen LogP contribution in [0.1, 0.15) is 56.4 Å². The minimum absolute atomic E-state index is 0.295. The van der Waals surface area contributed by atoms with Gasteiger partial charge >= 0.3 is 0 Å². The van der Waals surface area contributed by atoms with Crippen molar-refractivity contribution in [2.75, 3.05) is 6.54 Å². The highest BCUT2D eigenvalue weighted by Crippen LogP contribution is 2.30. The van der Waals surface area contributed by atoms with E-state index in [0.29, 0.717) is 6.04 Å². The van der Waals surface area contributed by atoms with Gasteiger partial charge in [-0.15, -0.1) is 0 Å². The number of para-hydroxylation sites is 1. The average molecular weight is 271 g/mol. The summed E-state index contributed by atoms with van der Waals surface area (Å²) < 4.78 is 6.02. The molecule has 0 spiro atoms. The van der Waals surface area contributed by atoms with Gasteiger partial charge < -0.3 is 9.73 Å². The quantitative estimate of drug-likeness (QED) is 0.830. The van der Waals surface area contributed by atoms with Gasteiger partial charge in [-0.05, 0) is 44.4 Å². The summed E-state index contributed by atoms with van der Waals surface area (Å²) in [4.78, 5) is 0. The van der Waals surface area contributed by atoms with Crippen LogP contribution in [0.4, 0.5) is 0 Å². The van der Waals surface area contributed by atoms with Crippen LogP contribution in [0, 0.1) is 12.8 Å². The van der Waals surface area contributed by atoms with Gasteiger partial charge in [0.2, 0.25) is 0 Å². The molecule has 1 heterocycles. The summed E-state index contributed by atoms with van der Waals surface area (Å²) >= 11 is 0. The maximum Gasteiger partial charge on any atom is 0.134 e. The van der Waals surface area contributed by atoms with Crippen LogP contribution in [-0.4, -0.2) is 6.54 Å². The summed E-state index contributed by atoms with van der Waals surface area (Å²) in [5.74, 6) is 2.05. The summed E-state index contributed by atoms with van der Waals surface area (Å²) in [5.41, 5.74) is 2.28. The van der Waals surface area contributed by atoms with Crippen molar-refractivity contribution in [2.24, 2.45) is 5.92 Å². The zero-order valence-electron chi connectivity index (χ0n) is 12.6. The number of hydrogen-bond acceptors (Lipinski definition) is 2. The van der Waals surface area contributed by atoms with Gasteiger partial charge in [-0.1, -0.05) is 43.9 Å². The highest BCUT2D eigenvalue weighted by atomic mass is 16.3. The first kappa shape index (κ1) is 13.7. The third-order valence-electron chi connectivity index (χ3n) is 4.75. The second-order valence-corrected chi connectivity index (χ2v) is 6.20. The number of hydrogen-bond donors (Lipinski definition) is 1. The monoisotopic (exact) mass is 271 g/mol. The van der Waals surface area contributed by atoms with E-state index in [0.717, 1.165) is 23.8 Å². The second-order valence-electron chi connectivity index (χ2n) is 6.20. The zero-order chi connectivity index (χ0) is 13.9. The van der Waals surface area contributed by atoms with Crippen molar-refractivity contribution in [1.29, 1.82) is 0 Å².